The molecule has 0 spiro atoms. The highest BCUT2D eigenvalue weighted by atomic mass is 16.5. The SMILES string of the molecule is C=COC(=O)c1c(C=C)c(C=C)cc2ccccc12. The molecule has 2 heteroatoms. The molecule has 0 aliphatic rings. The van der Waals surface area contributed by atoms with Gasteiger partial charge >= 0.3 is 5.97 Å². The third-order valence-electron chi connectivity index (χ3n) is 2.94. The molecule has 0 heterocycles. The van der Waals surface area contributed by atoms with Crippen LogP contribution < -0.4 is 0 Å². The molecular weight excluding hydrogens is 236 g/mol. The van der Waals surface area contributed by atoms with Gasteiger partial charge in [0, 0.05) is 0 Å². The van der Waals surface area contributed by atoms with Crippen LogP contribution in [0.4, 0.5) is 0 Å². The molecule has 0 bridgehead atoms. The second-order valence-electron chi connectivity index (χ2n) is 3.96. The zero-order valence-electron chi connectivity index (χ0n) is 10.6. The summed E-state index contributed by atoms with van der Waals surface area (Å²) in [4.78, 5) is 12.1. The Morgan fingerprint density at radius 3 is 2.47 bits per heavy atom. The third kappa shape index (κ3) is 2.20. The number of hydrogen-bond donors (Lipinski definition) is 0. The van der Waals surface area contributed by atoms with E-state index in [9.17, 15) is 4.79 Å². The van der Waals surface area contributed by atoms with Gasteiger partial charge in [0.15, 0.2) is 0 Å². The minimum absolute atomic E-state index is 0.440. The standard InChI is InChI=1S/C17H14O2/c1-4-12-11-13-9-7-8-10-15(13)16(14(12)5-2)17(18)19-6-3/h4-11H,1-3H2. The number of carbonyl (C=O) groups is 1. The second kappa shape index (κ2) is 5.36. The first-order valence-corrected chi connectivity index (χ1v) is 5.85. The Bertz CT molecular complexity index is 681. The van der Waals surface area contributed by atoms with E-state index >= 15 is 0 Å². The molecular formula is C17H14O2. The summed E-state index contributed by atoms with van der Waals surface area (Å²) in [6.45, 7) is 11.0. The molecule has 94 valence electrons. The Hall–Kier alpha value is -2.61. The number of fused-ring (bicyclic) bond motifs is 1. The molecule has 0 aromatic heterocycles. The van der Waals surface area contributed by atoms with Gasteiger partial charge in [-0.2, -0.15) is 0 Å². The van der Waals surface area contributed by atoms with Crippen LogP contribution in [0, 0.1) is 0 Å². The van der Waals surface area contributed by atoms with Crippen molar-refractivity contribution in [3.63, 3.8) is 0 Å². The van der Waals surface area contributed by atoms with Gasteiger partial charge in [-0.1, -0.05) is 56.2 Å². The van der Waals surface area contributed by atoms with Crippen molar-refractivity contribution in [2.75, 3.05) is 0 Å². The molecule has 2 nitrogen and oxygen atoms in total. The lowest BCUT2D eigenvalue weighted by Crippen LogP contribution is -2.05. The summed E-state index contributed by atoms with van der Waals surface area (Å²) < 4.78 is 4.92. The van der Waals surface area contributed by atoms with Crippen molar-refractivity contribution in [3.05, 3.63) is 73.0 Å². The van der Waals surface area contributed by atoms with Gasteiger partial charge in [0.2, 0.25) is 0 Å². The maximum Gasteiger partial charge on any atom is 0.344 e. The van der Waals surface area contributed by atoms with Crippen LogP contribution in [-0.4, -0.2) is 5.97 Å². The van der Waals surface area contributed by atoms with E-state index in [1.807, 2.05) is 30.3 Å². The van der Waals surface area contributed by atoms with Crippen LogP contribution in [0.25, 0.3) is 22.9 Å². The molecule has 0 aliphatic heterocycles. The Morgan fingerprint density at radius 1 is 1.11 bits per heavy atom. The van der Waals surface area contributed by atoms with Crippen LogP contribution in [0.1, 0.15) is 21.5 Å². The van der Waals surface area contributed by atoms with Gasteiger partial charge in [-0.25, -0.2) is 4.79 Å². The van der Waals surface area contributed by atoms with Crippen molar-refractivity contribution in [2.45, 2.75) is 0 Å². The van der Waals surface area contributed by atoms with Crippen molar-refractivity contribution in [1.29, 1.82) is 0 Å². The number of benzene rings is 2. The van der Waals surface area contributed by atoms with Crippen molar-refractivity contribution < 1.29 is 9.53 Å². The predicted octanol–water partition coefficient (Wildman–Crippen LogP) is 4.43. The second-order valence-corrected chi connectivity index (χ2v) is 3.96. The lowest BCUT2D eigenvalue weighted by atomic mass is 9.94. The number of ether oxygens (including phenoxy) is 1. The van der Waals surface area contributed by atoms with Gasteiger partial charge in [-0.3, -0.25) is 0 Å². The Kier molecular flexibility index (Phi) is 3.62. The molecule has 2 rings (SSSR count). The maximum absolute atomic E-state index is 12.1. The zero-order chi connectivity index (χ0) is 13.8. The molecule has 0 N–H and O–H groups in total. The Labute approximate surface area is 112 Å². The first kappa shape index (κ1) is 12.8. The van der Waals surface area contributed by atoms with Gasteiger partial charge < -0.3 is 4.74 Å². The van der Waals surface area contributed by atoms with Crippen molar-refractivity contribution >= 4 is 28.9 Å². The molecule has 0 aliphatic carbocycles. The van der Waals surface area contributed by atoms with E-state index in [0.29, 0.717) is 5.56 Å². The average molecular weight is 250 g/mol. The van der Waals surface area contributed by atoms with Crippen LogP contribution in [0.15, 0.2) is 56.3 Å². The van der Waals surface area contributed by atoms with E-state index in [2.05, 4.69) is 19.7 Å². The quantitative estimate of drug-likeness (QED) is 0.593. The number of hydrogen-bond acceptors (Lipinski definition) is 2. The Balaban J connectivity index is 2.88. The van der Waals surface area contributed by atoms with E-state index in [4.69, 9.17) is 4.74 Å². The summed E-state index contributed by atoms with van der Waals surface area (Å²) in [5.41, 5.74) is 2.06. The van der Waals surface area contributed by atoms with E-state index in [1.54, 1.807) is 12.2 Å². The highest BCUT2D eigenvalue weighted by molar-refractivity contribution is 6.09. The fourth-order valence-electron chi connectivity index (χ4n) is 2.13. The summed E-state index contributed by atoms with van der Waals surface area (Å²) in [7, 11) is 0. The van der Waals surface area contributed by atoms with Crippen LogP contribution in [-0.2, 0) is 4.74 Å². The van der Waals surface area contributed by atoms with E-state index in [0.717, 1.165) is 28.2 Å². The Morgan fingerprint density at radius 2 is 1.84 bits per heavy atom. The van der Waals surface area contributed by atoms with Crippen molar-refractivity contribution in [2.24, 2.45) is 0 Å². The van der Waals surface area contributed by atoms with Crippen molar-refractivity contribution in [3.8, 4) is 0 Å². The van der Waals surface area contributed by atoms with Gasteiger partial charge in [0.1, 0.15) is 0 Å². The van der Waals surface area contributed by atoms with Crippen LogP contribution in [0.2, 0.25) is 0 Å². The first-order valence-electron chi connectivity index (χ1n) is 5.85. The number of carbonyl (C=O) groups excluding carboxylic acids is 1. The van der Waals surface area contributed by atoms with Gasteiger partial charge in [0.05, 0.1) is 11.8 Å². The molecule has 0 radical (unpaired) electrons. The molecule has 0 fully saturated rings. The smallest absolute Gasteiger partial charge is 0.344 e. The first-order chi connectivity index (χ1) is 9.22. The number of rotatable bonds is 4. The van der Waals surface area contributed by atoms with E-state index in [-0.39, 0.29) is 0 Å². The molecule has 0 unspecified atom stereocenters. The minimum Gasteiger partial charge on any atom is -0.431 e. The topological polar surface area (TPSA) is 26.3 Å². The van der Waals surface area contributed by atoms with E-state index in [1.165, 1.54) is 0 Å². The molecule has 2 aromatic carbocycles. The number of esters is 1. The molecule has 2 aromatic rings. The lowest BCUT2D eigenvalue weighted by molar-refractivity contribution is 0.0666. The summed E-state index contributed by atoms with van der Waals surface area (Å²) in [5.74, 6) is -0.440. The fourth-order valence-corrected chi connectivity index (χ4v) is 2.13. The van der Waals surface area contributed by atoms with Crippen LogP contribution in [0.5, 0.6) is 0 Å². The predicted molar refractivity (Wildman–Crippen MR) is 79.7 cm³/mol. The molecule has 0 atom stereocenters. The molecule has 0 saturated carbocycles. The van der Waals surface area contributed by atoms with Gasteiger partial charge in [-0.05, 0) is 28.0 Å². The van der Waals surface area contributed by atoms with Crippen LogP contribution >= 0.6 is 0 Å². The lowest BCUT2D eigenvalue weighted by Gasteiger charge is -2.12. The summed E-state index contributed by atoms with van der Waals surface area (Å²) in [6, 6.07) is 9.61. The molecule has 19 heavy (non-hydrogen) atoms. The minimum atomic E-state index is -0.440. The highest BCUT2D eigenvalue weighted by Gasteiger charge is 2.17. The normalized spacial score (nSPS) is 9.89. The highest BCUT2D eigenvalue weighted by Crippen LogP contribution is 2.28. The van der Waals surface area contributed by atoms with Crippen molar-refractivity contribution in [1.82, 2.24) is 0 Å². The summed E-state index contributed by atoms with van der Waals surface area (Å²) in [5, 5.41) is 1.79. The van der Waals surface area contributed by atoms with E-state index < -0.39 is 5.97 Å². The average Bonchev–Trinajstić information content (AvgIpc) is 2.45. The third-order valence-corrected chi connectivity index (χ3v) is 2.94. The maximum atomic E-state index is 12.1. The largest absolute Gasteiger partial charge is 0.431 e. The van der Waals surface area contributed by atoms with Gasteiger partial charge in [-0.15, -0.1) is 0 Å². The van der Waals surface area contributed by atoms with Crippen LogP contribution in [0.3, 0.4) is 0 Å². The molecule has 0 amide bonds. The molecule has 0 saturated heterocycles. The summed E-state index contributed by atoms with van der Waals surface area (Å²) in [6.07, 6.45) is 4.47. The fraction of sp³-hybridized carbons (Fsp3) is 0. The zero-order valence-corrected chi connectivity index (χ0v) is 10.6. The monoisotopic (exact) mass is 250 g/mol. The summed E-state index contributed by atoms with van der Waals surface area (Å²) >= 11 is 0. The van der Waals surface area contributed by atoms with Gasteiger partial charge in [0.25, 0.3) is 0 Å².